The van der Waals surface area contributed by atoms with Crippen LogP contribution in [0.2, 0.25) is 0 Å². The number of hydrogen-bond acceptors (Lipinski definition) is 5. The second-order valence-corrected chi connectivity index (χ2v) is 5.77. The third kappa shape index (κ3) is 3.85. The first-order chi connectivity index (χ1) is 12.1. The second kappa shape index (κ2) is 7.17. The van der Waals surface area contributed by atoms with Gasteiger partial charge in [-0.1, -0.05) is 35.0 Å². The van der Waals surface area contributed by atoms with Crippen molar-refractivity contribution in [3.05, 3.63) is 65.5 Å². The molecule has 6 heteroatoms. The molecule has 0 radical (unpaired) electrons. The minimum atomic E-state index is -0.144. The van der Waals surface area contributed by atoms with E-state index >= 15 is 0 Å². The first-order valence-electron chi connectivity index (χ1n) is 7.86. The van der Waals surface area contributed by atoms with Gasteiger partial charge in [0.2, 0.25) is 11.7 Å². The zero-order valence-corrected chi connectivity index (χ0v) is 14.4. The van der Waals surface area contributed by atoms with Crippen LogP contribution in [-0.2, 0) is 6.54 Å². The van der Waals surface area contributed by atoms with Crippen molar-refractivity contribution in [2.24, 2.45) is 0 Å². The molecule has 1 aromatic heterocycles. The van der Waals surface area contributed by atoms with Gasteiger partial charge in [-0.15, -0.1) is 0 Å². The lowest BCUT2D eigenvalue weighted by molar-refractivity contribution is 0.0769. The Morgan fingerprint density at radius 1 is 1.20 bits per heavy atom. The minimum Gasteiger partial charge on any atom is -0.497 e. The number of carbonyl (C=O) groups is 1. The lowest BCUT2D eigenvalue weighted by Gasteiger charge is -2.15. The van der Waals surface area contributed by atoms with Gasteiger partial charge in [0.05, 0.1) is 13.7 Å². The number of aryl methyl sites for hydroxylation is 1. The van der Waals surface area contributed by atoms with E-state index in [1.807, 2.05) is 31.2 Å². The lowest BCUT2D eigenvalue weighted by atomic mass is 10.1. The van der Waals surface area contributed by atoms with Crippen LogP contribution in [0.4, 0.5) is 0 Å². The molecule has 128 valence electrons. The summed E-state index contributed by atoms with van der Waals surface area (Å²) in [4.78, 5) is 18.4. The quantitative estimate of drug-likeness (QED) is 0.714. The van der Waals surface area contributed by atoms with Gasteiger partial charge < -0.3 is 14.2 Å². The Morgan fingerprint density at radius 2 is 2.00 bits per heavy atom. The highest BCUT2D eigenvalue weighted by Gasteiger charge is 2.16. The predicted molar refractivity (Wildman–Crippen MR) is 93.3 cm³/mol. The summed E-state index contributed by atoms with van der Waals surface area (Å²) in [5.74, 6) is 1.39. The van der Waals surface area contributed by atoms with Crippen LogP contribution >= 0.6 is 0 Å². The van der Waals surface area contributed by atoms with E-state index in [2.05, 4.69) is 10.1 Å². The van der Waals surface area contributed by atoms with Crippen molar-refractivity contribution in [1.82, 2.24) is 15.0 Å². The Kier molecular flexibility index (Phi) is 4.79. The normalized spacial score (nSPS) is 10.5. The van der Waals surface area contributed by atoms with Crippen LogP contribution in [-0.4, -0.2) is 35.1 Å². The fourth-order valence-electron chi connectivity index (χ4n) is 2.47. The molecule has 0 saturated carbocycles. The summed E-state index contributed by atoms with van der Waals surface area (Å²) in [6.07, 6.45) is 0. The number of aromatic nitrogens is 2. The molecule has 0 atom stereocenters. The smallest absolute Gasteiger partial charge is 0.254 e. The van der Waals surface area contributed by atoms with Crippen molar-refractivity contribution in [1.29, 1.82) is 0 Å². The van der Waals surface area contributed by atoms with E-state index in [4.69, 9.17) is 9.26 Å². The topological polar surface area (TPSA) is 68.5 Å². The third-order valence-corrected chi connectivity index (χ3v) is 3.78. The molecule has 0 aliphatic carbocycles. The maximum Gasteiger partial charge on any atom is 0.254 e. The molecule has 0 fully saturated rings. The Morgan fingerprint density at radius 3 is 2.76 bits per heavy atom. The second-order valence-electron chi connectivity index (χ2n) is 5.77. The Hall–Kier alpha value is -3.15. The number of ether oxygens (including phenoxy) is 1. The van der Waals surface area contributed by atoms with Crippen molar-refractivity contribution < 1.29 is 14.1 Å². The van der Waals surface area contributed by atoms with Gasteiger partial charge >= 0.3 is 0 Å². The molecule has 0 unspecified atom stereocenters. The van der Waals surface area contributed by atoms with E-state index in [1.54, 1.807) is 38.4 Å². The van der Waals surface area contributed by atoms with Crippen LogP contribution in [0.3, 0.4) is 0 Å². The zero-order valence-electron chi connectivity index (χ0n) is 14.4. The summed E-state index contributed by atoms with van der Waals surface area (Å²) >= 11 is 0. The molecule has 0 N–H and O–H groups in total. The highest BCUT2D eigenvalue weighted by Crippen LogP contribution is 2.18. The summed E-state index contributed by atoms with van der Waals surface area (Å²) in [5.41, 5.74) is 2.55. The van der Waals surface area contributed by atoms with Gasteiger partial charge in [-0.2, -0.15) is 4.98 Å². The predicted octanol–water partition coefficient (Wildman–Crippen LogP) is 3.33. The monoisotopic (exact) mass is 337 g/mol. The van der Waals surface area contributed by atoms with Crippen LogP contribution in [0.15, 0.2) is 53.1 Å². The van der Waals surface area contributed by atoms with Gasteiger partial charge in [-0.3, -0.25) is 4.79 Å². The Labute approximate surface area is 146 Å². The van der Waals surface area contributed by atoms with E-state index < -0.39 is 0 Å². The van der Waals surface area contributed by atoms with Crippen molar-refractivity contribution >= 4 is 5.91 Å². The van der Waals surface area contributed by atoms with Crippen LogP contribution in [0.25, 0.3) is 11.4 Å². The van der Waals surface area contributed by atoms with Gasteiger partial charge in [-0.25, -0.2) is 0 Å². The number of carbonyl (C=O) groups excluding carboxylic acids is 1. The molecule has 3 aromatic rings. The van der Waals surface area contributed by atoms with Crippen molar-refractivity contribution in [2.75, 3.05) is 14.2 Å². The van der Waals surface area contributed by atoms with Crippen molar-refractivity contribution in [2.45, 2.75) is 13.5 Å². The Balaban J connectivity index is 1.72. The van der Waals surface area contributed by atoms with E-state index in [1.165, 1.54) is 4.90 Å². The standard InChI is InChI=1S/C19H19N3O3/c1-13-6-4-7-14(10-13)18-20-17(25-21-18)12-22(2)19(23)15-8-5-9-16(11-15)24-3/h4-11H,12H2,1-3H3. The molecule has 25 heavy (non-hydrogen) atoms. The molecule has 1 heterocycles. The molecule has 6 nitrogen and oxygen atoms in total. The SMILES string of the molecule is COc1cccc(C(=O)N(C)Cc2nc(-c3cccc(C)c3)no2)c1. The maximum absolute atomic E-state index is 12.5. The van der Waals surface area contributed by atoms with E-state index in [9.17, 15) is 4.79 Å². The Bertz CT molecular complexity index is 889. The third-order valence-electron chi connectivity index (χ3n) is 3.78. The van der Waals surface area contributed by atoms with Crippen molar-refractivity contribution in [3.63, 3.8) is 0 Å². The first-order valence-corrected chi connectivity index (χ1v) is 7.86. The van der Waals surface area contributed by atoms with E-state index in [-0.39, 0.29) is 12.5 Å². The fraction of sp³-hybridized carbons (Fsp3) is 0.211. The van der Waals surface area contributed by atoms with E-state index in [0.29, 0.717) is 23.0 Å². The number of rotatable bonds is 5. The van der Waals surface area contributed by atoms with Crippen LogP contribution in [0, 0.1) is 6.92 Å². The van der Waals surface area contributed by atoms with Gasteiger partial charge in [0.1, 0.15) is 5.75 Å². The molecule has 0 aliphatic rings. The molecule has 0 bridgehead atoms. The minimum absolute atomic E-state index is 0.144. The molecule has 0 saturated heterocycles. The summed E-state index contributed by atoms with van der Waals surface area (Å²) in [5, 5.41) is 4.00. The lowest BCUT2D eigenvalue weighted by Crippen LogP contribution is -2.26. The first kappa shape index (κ1) is 16.7. The number of methoxy groups -OCH3 is 1. The summed E-state index contributed by atoms with van der Waals surface area (Å²) in [6, 6.07) is 14.9. The molecule has 2 aromatic carbocycles. The van der Waals surface area contributed by atoms with Gasteiger partial charge in [0.15, 0.2) is 0 Å². The molecular formula is C19H19N3O3. The molecular weight excluding hydrogens is 318 g/mol. The summed E-state index contributed by atoms with van der Waals surface area (Å²) in [6.45, 7) is 2.24. The van der Waals surface area contributed by atoms with Gasteiger partial charge in [0, 0.05) is 18.2 Å². The van der Waals surface area contributed by atoms with Crippen LogP contribution in [0.5, 0.6) is 5.75 Å². The number of nitrogens with zero attached hydrogens (tertiary/aromatic N) is 3. The van der Waals surface area contributed by atoms with Gasteiger partial charge in [0.25, 0.3) is 5.91 Å². The van der Waals surface area contributed by atoms with E-state index in [0.717, 1.165) is 11.1 Å². The number of amides is 1. The number of hydrogen-bond donors (Lipinski definition) is 0. The average molecular weight is 337 g/mol. The largest absolute Gasteiger partial charge is 0.497 e. The maximum atomic E-state index is 12.5. The fourth-order valence-corrected chi connectivity index (χ4v) is 2.47. The highest BCUT2D eigenvalue weighted by molar-refractivity contribution is 5.94. The molecule has 1 amide bonds. The highest BCUT2D eigenvalue weighted by atomic mass is 16.5. The van der Waals surface area contributed by atoms with Crippen LogP contribution < -0.4 is 4.74 Å². The van der Waals surface area contributed by atoms with Crippen molar-refractivity contribution in [3.8, 4) is 17.1 Å². The summed E-state index contributed by atoms with van der Waals surface area (Å²) < 4.78 is 10.4. The van der Waals surface area contributed by atoms with Gasteiger partial charge in [-0.05, 0) is 31.2 Å². The number of benzene rings is 2. The summed E-state index contributed by atoms with van der Waals surface area (Å²) in [7, 11) is 3.26. The average Bonchev–Trinajstić information content (AvgIpc) is 3.09. The zero-order chi connectivity index (χ0) is 17.8. The molecule has 0 aliphatic heterocycles. The molecule has 0 spiro atoms. The molecule has 3 rings (SSSR count). The van der Waals surface area contributed by atoms with Crippen LogP contribution in [0.1, 0.15) is 21.8 Å².